The highest BCUT2D eigenvalue weighted by Crippen LogP contribution is 2.13. The number of hydrogen-bond acceptors (Lipinski definition) is 3. The molecule has 0 bridgehead atoms. The van der Waals surface area contributed by atoms with E-state index in [1.165, 1.54) is 5.56 Å². The van der Waals surface area contributed by atoms with Gasteiger partial charge in [0.05, 0.1) is 0 Å². The molecule has 1 aromatic rings. The lowest BCUT2D eigenvalue weighted by Crippen LogP contribution is -2.37. The summed E-state index contributed by atoms with van der Waals surface area (Å²) in [4.78, 5) is 4.17. The summed E-state index contributed by atoms with van der Waals surface area (Å²) < 4.78 is 5.15. The zero-order valence-corrected chi connectivity index (χ0v) is 11.1. The SMILES string of the molecule is CCNC(Cc1cccnc1)C(C)CCOC. The van der Waals surface area contributed by atoms with Gasteiger partial charge in [-0.2, -0.15) is 0 Å². The Balaban J connectivity index is 2.53. The van der Waals surface area contributed by atoms with Gasteiger partial charge in [0.15, 0.2) is 0 Å². The van der Waals surface area contributed by atoms with Crippen molar-refractivity contribution in [2.24, 2.45) is 5.92 Å². The van der Waals surface area contributed by atoms with Crippen molar-refractivity contribution in [3.8, 4) is 0 Å². The third-order valence-corrected chi connectivity index (χ3v) is 3.11. The predicted octanol–water partition coefficient (Wildman–Crippen LogP) is 2.27. The second-order valence-corrected chi connectivity index (χ2v) is 4.49. The van der Waals surface area contributed by atoms with E-state index in [4.69, 9.17) is 4.74 Å². The lowest BCUT2D eigenvalue weighted by atomic mass is 9.93. The molecule has 0 saturated carbocycles. The van der Waals surface area contributed by atoms with Crippen LogP contribution >= 0.6 is 0 Å². The molecule has 1 aromatic heterocycles. The van der Waals surface area contributed by atoms with E-state index >= 15 is 0 Å². The maximum Gasteiger partial charge on any atom is 0.0465 e. The van der Waals surface area contributed by atoms with Gasteiger partial charge in [0, 0.05) is 32.2 Å². The molecule has 0 fully saturated rings. The van der Waals surface area contributed by atoms with Crippen LogP contribution < -0.4 is 5.32 Å². The summed E-state index contributed by atoms with van der Waals surface area (Å²) in [5, 5.41) is 3.56. The Labute approximate surface area is 105 Å². The van der Waals surface area contributed by atoms with Crippen molar-refractivity contribution in [3.05, 3.63) is 30.1 Å². The first kappa shape index (κ1) is 14.1. The molecule has 0 amide bonds. The van der Waals surface area contributed by atoms with Crippen LogP contribution in [0.4, 0.5) is 0 Å². The van der Waals surface area contributed by atoms with Crippen molar-refractivity contribution in [2.45, 2.75) is 32.7 Å². The molecule has 3 nitrogen and oxygen atoms in total. The Hall–Kier alpha value is -0.930. The average Bonchev–Trinajstić information content (AvgIpc) is 2.36. The minimum Gasteiger partial charge on any atom is -0.385 e. The number of ether oxygens (including phenoxy) is 1. The summed E-state index contributed by atoms with van der Waals surface area (Å²) in [6.45, 7) is 6.26. The summed E-state index contributed by atoms with van der Waals surface area (Å²) in [6, 6.07) is 4.64. The quantitative estimate of drug-likeness (QED) is 0.752. The van der Waals surface area contributed by atoms with Gasteiger partial charge < -0.3 is 10.1 Å². The van der Waals surface area contributed by atoms with Crippen LogP contribution in [0.1, 0.15) is 25.8 Å². The van der Waals surface area contributed by atoms with Crippen LogP contribution in [0.25, 0.3) is 0 Å². The second kappa shape index (κ2) is 8.20. The van der Waals surface area contributed by atoms with Gasteiger partial charge in [0.1, 0.15) is 0 Å². The smallest absolute Gasteiger partial charge is 0.0465 e. The zero-order valence-electron chi connectivity index (χ0n) is 11.1. The highest BCUT2D eigenvalue weighted by atomic mass is 16.5. The van der Waals surface area contributed by atoms with Gasteiger partial charge in [-0.3, -0.25) is 4.98 Å². The normalized spacial score (nSPS) is 14.5. The van der Waals surface area contributed by atoms with Gasteiger partial charge in [-0.15, -0.1) is 0 Å². The fourth-order valence-electron chi connectivity index (χ4n) is 2.01. The van der Waals surface area contributed by atoms with Crippen molar-refractivity contribution in [3.63, 3.8) is 0 Å². The third kappa shape index (κ3) is 5.29. The maximum atomic E-state index is 5.15. The molecule has 0 radical (unpaired) electrons. The highest BCUT2D eigenvalue weighted by Gasteiger charge is 2.16. The van der Waals surface area contributed by atoms with Crippen LogP contribution in [-0.4, -0.2) is 31.3 Å². The number of nitrogens with one attached hydrogen (secondary N) is 1. The topological polar surface area (TPSA) is 34.2 Å². The molecule has 0 aliphatic rings. The number of rotatable bonds is 8. The van der Waals surface area contributed by atoms with E-state index in [0.717, 1.165) is 26.0 Å². The van der Waals surface area contributed by atoms with E-state index in [2.05, 4.69) is 30.2 Å². The van der Waals surface area contributed by atoms with Gasteiger partial charge in [-0.05, 0) is 36.9 Å². The first-order valence-corrected chi connectivity index (χ1v) is 6.39. The van der Waals surface area contributed by atoms with Crippen LogP contribution in [0, 0.1) is 5.92 Å². The van der Waals surface area contributed by atoms with Gasteiger partial charge in [-0.1, -0.05) is 19.9 Å². The van der Waals surface area contributed by atoms with E-state index in [-0.39, 0.29) is 0 Å². The van der Waals surface area contributed by atoms with Gasteiger partial charge in [0.25, 0.3) is 0 Å². The standard InChI is InChI=1S/C14H24N2O/c1-4-16-14(12(2)7-9-17-3)10-13-6-5-8-15-11-13/h5-6,8,11-12,14,16H,4,7,9-10H2,1-3H3. The Morgan fingerprint density at radius 2 is 2.29 bits per heavy atom. The van der Waals surface area contributed by atoms with E-state index in [1.54, 1.807) is 7.11 Å². The van der Waals surface area contributed by atoms with Crippen LogP contribution in [-0.2, 0) is 11.2 Å². The van der Waals surface area contributed by atoms with Crippen LogP contribution in [0.2, 0.25) is 0 Å². The third-order valence-electron chi connectivity index (χ3n) is 3.11. The van der Waals surface area contributed by atoms with Crippen molar-refractivity contribution in [2.75, 3.05) is 20.3 Å². The van der Waals surface area contributed by atoms with E-state index in [9.17, 15) is 0 Å². The molecule has 96 valence electrons. The molecule has 0 spiro atoms. The van der Waals surface area contributed by atoms with Gasteiger partial charge in [-0.25, -0.2) is 0 Å². The number of aromatic nitrogens is 1. The summed E-state index contributed by atoms with van der Waals surface area (Å²) in [7, 11) is 1.76. The maximum absolute atomic E-state index is 5.15. The molecule has 0 saturated heterocycles. The molecule has 0 aliphatic carbocycles. The Morgan fingerprint density at radius 3 is 2.88 bits per heavy atom. The molecule has 1 heterocycles. The monoisotopic (exact) mass is 236 g/mol. The lowest BCUT2D eigenvalue weighted by molar-refractivity contribution is 0.170. The van der Waals surface area contributed by atoms with Crippen LogP contribution in [0.3, 0.4) is 0 Å². The summed E-state index contributed by atoms with van der Waals surface area (Å²) in [5.74, 6) is 0.607. The first-order valence-electron chi connectivity index (χ1n) is 6.39. The van der Waals surface area contributed by atoms with Crippen molar-refractivity contribution in [1.82, 2.24) is 10.3 Å². The first-order chi connectivity index (χ1) is 8.27. The predicted molar refractivity (Wildman–Crippen MR) is 71.1 cm³/mol. The second-order valence-electron chi connectivity index (χ2n) is 4.49. The van der Waals surface area contributed by atoms with Crippen molar-refractivity contribution in [1.29, 1.82) is 0 Å². The minimum atomic E-state index is 0.499. The molecule has 3 heteroatoms. The molecule has 0 aliphatic heterocycles. The fourth-order valence-corrected chi connectivity index (χ4v) is 2.01. The van der Waals surface area contributed by atoms with Crippen LogP contribution in [0.5, 0.6) is 0 Å². The Bertz CT molecular complexity index is 290. The molecular formula is C14H24N2O. The molecule has 2 atom stereocenters. The fraction of sp³-hybridized carbons (Fsp3) is 0.643. The Kier molecular flexibility index (Phi) is 6.82. The number of methoxy groups -OCH3 is 1. The summed E-state index contributed by atoms with van der Waals surface area (Å²) in [5.41, 5.74) is 1.29. The van der Waals surface area contributed by atoms with Gasteiger partial charge in [0.2, 0.25) is 0 Å². The summed E-state index contributed by atoms with van der Waals surface area (Å²) >= 11 is 0. The van der Waals surface area contributed by atoms with E-state index in [0.29, 0.717) is 12.0 Å². The number of hydrogen-bond donors (Lipinski definition) is 1. The molecular weight excluding hydrogens is 212 g/mol. The lowest BCUT2D eigenvalue weighted by Gasteiger charge is -2.24. The molecule has 1 rings (SSSR count). The molecule has 2 unspecified atom stereocenters. The Morgan fingerprint density at radius 1 is 1.47 bits per heavy atom. The van der Waals surface area contributed by atoms with Crippen LogP contribution in [0.15, 0.2) is 24.5 Å². The van der Waals surface area contributed by atoms with Gasteiger partial charge >= 0.3 is 0 Å². The average molecular weight is 236 g/mol. The summed E-state index contributed by atoms with van der Waals surface area (Å²) in [6.07, 6.45) is 5.90. The molecule has 1 N–H and O–H groups in total. The van der Waals surface area contributed by atoms with E-state index in [1.807, 2.05) is 18.5 Å². The van der Waals surface area contributed by atoms with Crippen molar-refractivity contribution < 1.29 is 4.74 Å². The molecule has 17 heavy (non-hydrogen) atoms. The zero-order chi connectivity index (χ0) is 12.5. The highest BCUT2D eigenvalue weighted by molar-refractivity contribution is 5.10. The van der Waals surface area contributed by atoms with Crippen molar-refractivity contribution >= 4 is 0 Å². The minimum absolute atomic E-state index is 0.499. The number of pyridine rings is 1. The molecule has 0 aromatic carbocycles. The number of nitrogens with zero attached hydrogens (tertiary/aromatic N) is 1. The van der Waals surface area contributed by atoms with E-state index < -0.39 is 0 Å². The number of likely N-dealkylation sites (N-methyl/N-ethyl adjacent to an activating group) is 1. The largest absolute Gasteiger partial charge is 0.385 e.